The predicted octanol–water partition coefficient (Wildman–Crippen LogP) is 3.54. The van der Waals surface area contributed by atoms with Gasteiger partial charge in [-0.15, -0.1) is 0 Å². The number of fused-ring (bicyclic) bond motifs is 2. The highest BCUT2D eigenvalue weighted by Crippen LogP contribution is 2.40. The maximum Gasteiger partial charge on any atom is 0.0844 e. The third-order valence-electron chi connectivity index (χ3n) is 5.11. The molecule has 0 aromatic heterocycles. The lowest BCUT2D eigenvalue weighted by molar-refractivity contribution is -0.247. The SMILES string of the molecule is CCC1CCC2OC3CCC(C)CC3OC2C1. The molecule has 2 heteroatoms. The maximum absolute atomic E-state index is 6.37. The monoisotopic (exact) mass is 238 g/mol. The standard InChI is InChI=1S/C15H26O2/c1-3-11-5-7-13-15(9-11)17-14-8-10(2)4-6-12(14)16-13/h10-15H,3-9H2,1-2H3. The summed E-state index contributed by atoms with van der Waals surface area (Å²) in [5.74, 6) is 1.69. The molecule has 17 heavy (non-hydrogen) atoms. The first-order valence-electron chi connectivity index (χ1n) is 7.57. The van der Waals surface area contributed by atoms with E-state index in [-0.39, 0.29) is 0 Å². The van der Waals surface area contributed by atoms with Gasteiger partial charge in [0.25, 0.3) is 0 Å². The van der Waals surface area contributed by atoms with Gasteiger partial charge in [0, 0.05) is 0 Å². The minimum atomic E-state index is 0.399. The van der Waals surface area contributed by atoms with Gasteiger partial charge in [-0.25, -0.2) is 0 Å². The first kappa shape index (κ1) is 12.0. The quantitative estimate of drug-likeness (QED) is 0.695. The Kier molecular flexibility index (Phi) is 3.45. The number of hydrogen-bond donors (Lipinski definition) is 0. The summed E-state index contributed by atoms with van der Waals surface area (Å²) in [7, 11) is 0. The van der Waals surface area contributed by atoms with E-state index in [1.807, 2.05) is 0 Å². The zero-order chi connectivity index (χ0) is 11.8. The Labute approximate surface area is 105 Å². The van der Waals surface area contributed by atoms with E-state index in [4.69, 9.17) is 9.47 Å². The summed E-state index contributed by atoms with van der Waals surface area (Å²) >= 11 is 0. The van der Waals surface area contributed by atoms with Crippen LogP contribution in [0, 0.1) is 11.8 Å². The summed E-state index contributed by atoms with van der Waals surface area (Å²) in [5, 5.41) is 0. The molecular formula is C15H26O2. The van der Waals surface area contributed by atoms with E-state index in [0.29, 0.717) is 24.4 Å². The van der Waals surface area contributed by atoms with Crippen molar-refractivity contribution >= 4 is 0 Å². The minimum absolute atomic E-state index is 0.399. The van der Waals surface area contributed by atoms with Crippen LogP contribution in [-0.2, 0) is 9.47 Å². The first-order valence-corrected chi connectivity index (χ1v) is 7.57. The lowest BCUT2D eigenvalue weighted by Crippen LogP contribution is -2.53. The molecule has 6 unspecified atom stereocenters. The largest absolute Gasteiger partial charge is 0.370 e. The Morgan fingerprint density at radius 2 is 1.47 bits per heavy atom. The second kappa shape index (κ2) is 4.89. The molecule has 6 atom stereocenters. The van der Waals surface area contributed by atoms with Gasteiger partial charge in [0.2, 0.25) is 0 Å². The topological polar surface area (TPSA) is 18.5 Å². The summed E-state index contributed by atoms with van der Waals surface area (Å²) in [4.78, 5) is 0. The van der Waals surface area contributed by atoms with Gasteiger partial charge in [-0.1, -0.05) is 20.3 Å². The Hall–Kier alpha value is -0.0800. The molecule has 0 amide bonds. The van der Waals surface area contributed by atoms with E-state index >= 15 is 0 Å². The lowest BCUT2D eigenvalue weighted by atomic mass is 9.80. The fourth-order valence-corrected chi connectivity index (χ4v) is 3.90. The molecule has 2 aliphatic carbocycles. The Morgan fingerprint density at radius 1 is 0.824 bits per heavy atom. The first-order chi connectivity index (χ1) is 8.26. The summed E-state index contributed by atoms with van der Waals surface area (Å²) < 4.78 is 12.7. The fraction of sp³-hybridized carbons (Fsp3) is 1.00. The molecule has 0 bridgehead atoms. The van der Waals surface area contributed by atoms with E-state index in [1.165, 1.54) is 44.9 Å². The van der Waals surface area contributed by atoms with Gasteiger partial charge in [0.05, 0.1) is 24.4 Å². The van der Waals surface area contributed by atoms with Gasteiger partial charge in [0.15, 0.2) is 0 Å². The van der Waals surface area contributed by atoms with Crippen molar-refractivity contribution in [1.29, 1.82) is 0 Å². The Morgan fingerprint density at radius 3 is 2.24 bits per heavy atom. The van der Waals surface area contributed by atoms with E-state index in [2.05, 4.69) is 13.8 Å². The van der Waals surface area contributed by atoms with E-state index < -0.39 is 0 Å². The normalized spacial score (nSPS) is 50.5. The molecule has 3 aliphatic rings. The van der Waals surface area contributed by atoms with Gasteiger partial charge in [-0.2, -0.15) is 0 Å². The Bertz CT molecular complexity index is 266. The van der Waals surface area contributed by atoms with Crippen LogP contribution >= 0.6 is 0 Å². The van der Waals surface area contributed by atoms with Crippen LogP contribution in [0.2, 0.25) is 0 Å². The molecule has 3 rings (SSSR count). The molecule has 1 saturated heterocycles. The van der Waals surface area contributed by atoms with Crippen molar-refractivity contribution in [1.82, 2.24) is 0 Å². The molecule has 0 N–H and O–H groups in total. The van der Waals surface area contributed by atoms with Crippen LogP contribution in [0.5, 0.6) is 0 Å². The summed E-state index contributed by atoms with van der Waals surface area (Å²) in [6, 6.07) is 0. The molecule has 0 radical (unpaired) electrons. The third-order valence-corrected chi connectivity index (χ3v) is 5.11. The van der Waals surface area contributed by atoms with Gasteiger partial charge in [-0.05, 0) is 50.4 Å². The smallest absolute Gasteiger partial charge is 0.0844 e. The zero-order valence-electron chi connectivity index (χ0n) is 11.2. The van der Waals surface area contributed by atoms with Gasteiger partial charge in [0.1, 0.15) is 0 Å². The van der Waals surface area contributed by atoms with Crippen LogP contribution in [0.25, 0.3) is 0 Å². The van der Waals surface area contributed by atoms with Crippen molar-refractivity contribution in [3.63, 3.8) is 0 Å². The molecular weight excluding hydrogens is 212 g/mol. The van der Waals surface area contributed by atoms with Crippen molar-refractivity contribution in [2.45, 2.75) is 83.2 Å². The highest BCUT2D eigenvalue weighted by Gasteiger charge is 2.43. The molecule has 1 heterocycles. The van der Waals surface area contributed by atoms with E-state index in [9.17, 15) is 0 Å². The van der Waals surface area contributed by atoms with Gasteiger partial charge in [-0.3, -0.25) is 0 Å². The predicted molar refractivity (Wildman–Crippen MR) is 68.0 cm³/mol. The minimum Gasteiger partial charge on any atom is -0.370 e. The Balaban J connectivity index is 1.64. The summed E-state index contributed by atoms with van der Waals surface area (Å²) in [6.45, 7) is 4.65. The van der Waals surface area contributed by atoms with Crippen LogP contribution < -0.4 is 0 Å². The average molecular weight is 238 g/mol. The summed E-state index contributed by atoms with van der Waals surface area (Å²) in [6.07, 6.45) is 10.5. The maximum atomic E-state index is 6.37. The molecule has 0 aromatic carbocycles. The second-order valence-corrected chi connectivity index (χ2v) is 6.43. The van der Waals surface area contributed by atoms with Gasteiger partial charge < -0.3 is 9.47 Å². The van der Waals surface area contributed by atoms with Crippen LogP contribution in [0.15, 0.2) is 0 Å². The molecule has 98 valence electrons. The van der Waals surface area contributed by atoms with Crippen LogP contribution in [0.4, 0.5) is 0 Å². The molecule has 2 nitrogen and oxygen atoms in total. The number of hydrogen-bond acceptors (Lipinski definition) is 2. The number of ether oxygens (including phenoxy) is 2. The molecule has 1 aliphatic heterocycles. The second-order valence-electron chi connectivity index (χ2n) is 6.43. The summed E-state index contributed by atoms with van der Waals surface area (Å²) in [5.41, 5.74) is 0. The van der Waals surface area contributed by atoms with Crippen LogP contribution in [0.1, 0.15) is 58.8 Å². The fourth-order valence-electron chi connectivity index (χ4n) is 3.90. The van der Waals surface area contributed by atoms with Crippen LogP contribution in [0.3, 0.4) is 0 Å². The van der Waals surface area contributed by atoms with Crippen LogP contribution in [-0.4, -0.2) is 24.4 Å². The van der Waals surface area contributed by atoms with Crippen molar-refractivity contribution in [2.24, 2.45) is 11.8 Å². The third kappa shape index (κ3) is 2.39. The highest BCUT2D eigenvalue weighted by atomic mass is 16.6. The molecule has 0 aromatic rings. The number of rotatable bonds is 1. The van der Waals surface area contributed by atoms with Crippen molar-refractivity contribution in [3.05, 3.63) is 0 Å². The van der Waals surface area contributed by atoms with E-state index in [1.54, 1.807) is 0 Å². The van der Waals surface area contributed by atoms with Crippen molar-refractivity contribution < 1.29 is 9.47 Å². The van der Waals surface area contributed by atoms with Crippen molar-refractivity contribution in [2.75, 3.05) is 0 Å². The lowest BCUT2D eigenvalue weighted by Gasteiger charge is -2.48. The molecule has 2 saturated carbocycles. The van der Waals surface area contributed by atoms with Gasteiger partial charge >= 0.3 is 0 Å². The van der Waals surface area contributed by atoms with E-state index in [0.717, 1.165) is 11.8 Å². The molecule has 0 spiro atoms. The average Bonchev–Trinajstić information content (AvgIpc) is 2.35. The van der Waals surface area contributed by atoms with Crippen molar-refractivity contribution in [3.8, 4) is 0 Å². The zero-order valence-corrected chi connectivity index (χ0v) is 11.2. The molecule has 3 fully saturated rings. The highest BCUT2D eigenvalue weighted by molar-refractivity contribution is 4.91.